The van der Waals surface area contributed by atoms with E-state index < -0.39 is 0 Å². The summed E-state index contributed by atoms with van der Waals surface area (Å²) < 4.78 is 0. The largest absolute Gasteiger partial charge is 0.360 e. The van der Waals surface area contributed by atoms with Gasteiger partial charge in [0.1, 0.15) is 0 Å². The second-order valence-corrected chi connectivity index (χ2v) is 6.93. The smallest absolute Gasteiger partial charge is 0.253 e. The molecular formula is C22H28N4O. The van der Waals surface area contributed by atoms with E-state index in [-0.39, 0.29) is 5.91 Å². The Morgan fingerprint density at radius 3 is 2.59 bits per heavy atom. The number of carbonyl (C=O) groups is 1. The number of nitrogens with zero attached hydrogens (tertiary/aromatic N) is 1. The number of fused-ring (bicyclic) bond motifs is 1. The molecule has 5 heteroatoms. The molecule has 0 atom stereocenters. The summed E-state index contributed by atoms with van der Waals surface area (Å²) in [6, 6.07) is 16.4. The molecule has 0 bridgehead atoms. The fourth-order valence-electron chi connectivity index (χ4n) is 3.22. The van der Waals surface area contributed by atoms with Crippen LogP contribution in [0.5, 0.6) is 0 Å². The minimum Gasteiger partial charge on any atom is -0.360 e. The van der Waals surface area contributed by atoms with Crippen LogP contribution in [-0.2, 0) is 13.0 Å². The van der Waals surface area contributed by atoms with Crippen molar-refractivity contribution < 1.29 is 4.79 Å². The lowest BCUT2D eigenvalue weighted by Gasteiger charge is -2.16. The van der Waals surface area contributed by atoms with Gasteiger partial charge in [-0.3, -0.25) is 4.79 Å². The lowest BCUT2D eigenvalue weighted by Crippen LogP contribution is -2.33. The highest BCUT2D eigenvalue weighted by Gasteiger charge is 2.11. The first-order chi connectivity index (χ1) is 13.2. The number of aryl methyl sites for hydroxylation is 1. The predicted molar refractivity (Wildman–Crippen MR) is 111 cm³/mol. The van der Waals surface area contributed by atoms with Gasteiger partial charge in [-0.15, -0.1) is 0 Å². The summed E-state index contributed by atoms with van der Waals surface area (Å²) in [6.07, 6.45) is 3.92. The molecule has 3 rings (SSSR count). The van der Waals surface area contributed by atoms with Crippen molar-refractivity contribution in [3.05, 3.63) is 71.4 Å². The van der Waals surface area contributed by atoms with E-state index in [1.807, 2.05) is 24.3 Å². The number of nitrogens with one attached hydrogen (secondary N) is 2. The fourth-order valence-corrected chi connectivity index (χ4v) is 3.22. The van der Waals surface area contributed by atoms with E-state index in [9.17, 15) is 4.79 Å². The minimum absolute atomic E-state index is 0.0270. The highest BCUT2D eigenvalue weighted by molar-refractivity contribution is 6.06. The van der Waals surface area contributed by atoms with Crippen LogP contribution < -0.4 is 11.1 Å². The quantitative estimate of drug-likeness (QED) is 0.546. The van der Waals surface area contributed by atoms with E-state index >= 15 is 0 Å². The van der Waals surface area contributed by atoms with Crippen molar-refractivity contribution in [1.29, 1.82) is 0 Å². The Balaban J connectivity index is 1.37. The van der Waals surface area contributed by atoms with E-state index in [0.29, 0.717) is 18.7 Å². The van der Waals surface area contributed by atoms with Crippen LogP contribution >= 0.6 is 0 Å². The summed E-state index contributed by atoms with van der Waals surface area (Å²) >= 11 is 0. The van der Waals surface area contributed by atoms with Crippen LogP contribution in [0.1, 0.15) is 27.9 Å². The SMILES string of the molecule is CN(CCCc1ccc(CN)cc1)CCNC(=O)c1c[nH]c2ccccc12. The fraction of sp³-hybridized carbons (Fsp3) is 0.318. The summed E-state index contributed by atoms with van der Waals surface area (Å²) in [6.45, 7) is 3.06. The molecule has 3 aromatic rings. The second kappa shape index (κ2) is 9.35. The number of para-hydroxylation sites is 1. The zero-order valence-electron chi connectivity index (χ0n) is 15.9. The van der Waals surface area contributed by atoms with E-state index in [1.54, 1.807) is 6.20 Å². The molecule has 1 heterocycles. The maximum atomic E-state index is 12.4. The Kier molecular flexibility index (Phi) is 6.63. The third-order valence-corrected chi connectivity index (χ3v) is 4.88. The first kappa shape index (κ1) is 19.1. The van der Waals surface area contributed by atoms with E-state index in [1.165, 1.54) is 11.1 Å². The number of nitrogens with two attached hydrogens (primary N) is 1. The van der Waals surface area contributed by atoms with Gasteiger partial charge in [0.2, 0.25) is 0 Å². The molecule has 1 aromatic heterocycles. The summed E-state index contributed by atoms with van der Waals surface area (Å²) in [5, 5.41) is 3.98. The zero-order chi connectivity index (χ0) is 19.1. The molecule has 0 aliphatic carbocycles. The zero-order valence-corrected chi connectivity index (χ0v) is 15.9. The van der Waals surface area contributed by atoms with Gasteiger partial charge in [0, 0.05) is 36.7 Å². The summed E-state index contributed by atoms with van der Waals surface area (Å²) in [4.78, 5) is 17.8. The first-order valence-corrected chi connectivity index (χ1v) is 9.48. The van der Waals surface area contributed by atoms with Gasteiger partial charge >= 0.3 is 0 Å². The van der Waals surface area contributed by atoms with Gasteiger partial charge in [0.25, 0.3) is 5.91 Å². The number of amides is 1. The van der Waals surface area contributed by atoms with E-state index in [4.69, 9.17) is 5.73 Å². The van der Waals surface area contributed by atoms with Crippen LogP contribution in [-0.4, -0.2) is 42.5 Å². The van der Waals surface area contributed by atoms with Crippen molar-refractivity contribution in [3.8, 4) is 0 Å². The average molecular weight is 364 g/mol. The number of carbonyl (C=O) groups excluding carboxylic acids is 1. The van der Waals surface area contributed by atoms with Crippen LogP contribution in [0.3, 0.4) is 0 Å². The van der Waals surface area contributed by atoms with Gasteiger partial charge in [-0.05, 0) is 43.6 Å². The Hall–Kier alpha value is -2.63. The van der Waals surface area contributed by atoms with Crippen molar-refractivity contribution in [2.45, 2.75) is 19.4 Å². The molecule has 0 aliphatic heterocycles. The Bertz CT molecular complexity index is 869. The monoisotopic (exact) mass is 364 g/mol. The molecule has 0 saturated carbocycles. The van der Waals surface area contributed by atoms with Crippen LogP contribution in [0.25, 0.3) is 10.9 Å². The van der Waals surface area contributed by atoms with Gasteiger partial charge in [-0.2, -0.15) is 0 Å². The molecule has 27 heavy (non-hydrogen) atoms. The average Bonchev–Trinajstić information content (AvgIpc) is 3.13. The van der Waals surface area contributed by atoms with Crippen molar-refractivity contribution in [2.24, 2.45) is 5.73 Å². The van der Waals surface area contributed by atoms with Crippen molar-refractivity contribution in [2.75, 3.05) is 26.7 Å². The normalized spacial score (nSPS) is 11.2. The molecular weight excluding hydrogens is 336 g/mol. The number of likely N-dealkylation sites (N-methyl/N-ethyl adjacent to an activating group) is 1. The topological polar surface area (TPSA) is 74.2 Å². The lowest BCUT2D eigenvalue weighted by molar-refractivity contribution is 0.0951. The Labute approximate surface area is 160 Å². The first-order valence-electron chi connectivity index (χ1n) is 9.48. The molecule has 0 spiro atoms. The van der Waals surface area contributed by atoms with Crippen LogP contribution in [0.15, 0.2) is 54.7 Å². The van der Waals surface area contributed by atoms with Crippen molar-refractivity contribution in [1.82, 2.24) is 15.2 Å². The standard InChI is InChI=1S/C22H28N4O/c1-26(13-4-5-17-8-10-18(15-23)11-9-17)14-12-24-22(27)20-16-25-21-7-3-2-6-19(20)21/h2-3,6-11,16,25H,4-5,12-15,23H2,1H3,(H,24,27). The highest BCUT2D eigenvalue weighted by atomic mass is 16.1. The molecule has 0 aliphatic rings. The Morgan fingerprint density at radius 1 is 1.07 bits per heavy atom. The summed E-state index contributed by atoms with van der Waals surface area (Å²) in [7, 11) is 2.09. The van der Waals surface area contributed by atoms with Crippen LogP contribution in [0.2, 0.25) is 0 Å². The maximum Gasteiger partial charge on any atom is 0.253 e. The minimum atomic E-state index is -0.0270. The third-order valence-electron chi connectivity index (χ3n) is 4.88. The van der Waals surface area contributed by atoms with Gasteiger partial charge in [-0.1, -0.05) is 42.5 Å². The van der Waals surface area contributed by atoms with Crippen LogP contribution in [0.4, 0.5) is 0 Å². The molecule has 2 aromatic carbocycles. The van der Waals surface area contributed by atoms with Crippen molar-refractivity contribution >= 4 is 16.8 Å². The van der Waals surface area contributed by atoms with E-state index in [0.717, 1.165) is 36.8 Å². The molecule has 0 radical (unpaired) electrons. The maximum absolute atomic E-state index is 12.4. The van der Waals surface area contributed by atoms with Gasteiger partial charge in [0.05, 0.1) is 5.56 Å². The highest BCUT2D eigenvalue weighted by Crippen LogP contribution is 2.17. The second-order valence-electron chi connectivity index (χ2n) is 6.93. The van der Waals surface area contributed by atoms with Crippen molar-refractivity contribution in [3.63, 3.8) is 0 Å². The number of rotatable bonds is 9. The number of benzene rings is 2. The molecule has 0 fully saturated rings. The number of hydrogen-bond donors (Lipinski definition) is 3. The number of H-pyrrole nitrogens is 1. The molecule has 142 valence electrons. The summed E-state index contributed by atoms with van der Waals surface area (Å²) in [5.41, 5.74) is 9.83. The third kappa shape index (κ3) is 5.18. The van der Waals surface area contributed by atoms with Gasteiger partial charge in [-0.25, -0.2) is 0 Å². The van der Waals surface area contributed by atoms with E-state index in [2.05, 4.69) is 46.5 Å². The lowest BCUT2D eigenvalue weighted by atomic mass is 10.1. The number of hydrogen-bond acceptors (Lipinski definition) is 3. The molecule has 5 nitrogen and oxygen atoms in total. The van der Waals surface area contributed by atoms with Gasteiger partial charge in [0.15, 0.2) is 0 Å². The van der Waals surface area contributed by atoms with Crippen LogP contribution in [0, 0.1) is 0 Å². The van der Waals surface area contributed by atoms with Gasteiger partial charge < -0.3 is 20.9 Å². The Morgan fingerprint density at radius 2 is 1.81 bits per heavy atom. The summed E-state index contributed by atoms with van der Waals surface area (Å²) in [5.74, 6) is -0.0270. The molecule has 1 amide bonds. The molecule has 0 unspecified atom stereocenters. The predicted octanol–water partition coefficient (Wildman–Crippen LogP) is 2.92. The molecule has 0 saturated heterocycles. The molecule has 4 N–H and O–H groups in total. The number of aromatic amines is 1. The number of aromatic nitrogens is 1.